The van der Waals surface area contributed by atoms with Crippen LogP contribution in [0.25, 0.3) is 0 Å². The van der Waals surface area contributed by atoms with E-state index >= 15 is 0 Å². The highest BCUT2D eigenvalue weighted by molar-refractivity contribution is 5.89. The van der Waals surface area contributed by atoms with E-state index in [-0.39, 0.29) is 23.8 Å². The lowest BCUT2D eigenvalue weighted by molar-refractivity contribution is -0.130. The number of carbonyl (C=O) groups is 2. The second-order valence-electron chi connectivity index (χ2n) is 7.61. The maximum absolute atomic E-state index is 12.3. The van der Waals surface area contributed by atoms with E-state index in [2.05, 4.69) is 12.2 Å². The Morgan fingerprint density at radius 2 is 1.95 bits per heavy atom. The molecule has 5 nitrogen and oxygen atoms in total. The van der Waals surface area contributed by atoms with Crippen LogP contribution < -0.4 is 11.1 Å². The Labute approximate surface area is 133 Å². The van der Waals surface area contributed by atoms with E-state index in [9.17, 15) is 9.59 Å². The Bertz CT molecular complexity index is 428. The van der Waals surface area contributed by atoms with Crippen LogP contribution >= 0.6 is 0 Å². The van der Waals surface area contributed by atoms with Gasteiger partial charge < -0.3 is 16.0 Å². The first-order valence-corrected chi connectivity index (χ1v) is 8.87. The lowest BCUT2D eigenvalue weighted by atomic mass is 9.87. The monoisotopic (exact) mass is 307 g/mol. The number of nitrogens with zero attached hydrogens (tertiary/aromatic N) is 1. The molecular formula is C17H29N3O2. The fourth-order valence-corrected chi connectivity index (χ4v) is 3.87. The number of nitrogens with one attached hydrogen (secondary N) is 1. The molecule has 2 amide bonds. The largest absolute Gasteiger partial charge is 0.354 e. The zero-order valence-electron chi connectivity index (χ0n) is 13.6. The molecule has 2 unspecified atom stereocenters. The average Bonchev–Trinajstić information content (AvgIpc) is 3.28. The van der Waals surface area contributed by atoms with E-state index in [0.29, 0.717) is 31.5 Å². The van der Waals surface area contributed by atoms with Crippen LogP contribution in [0.5, 0.6) is 0 Å². The minimum Gasteiger partial charge on any atom is -0.354 e. The highest BCUT2D eigenvalue weighted by Crippen LogP contribution is 2.32. The van der Waals surface area contributed by atoms with Crippen molar-refractivity contribution in [2.75, 3.05) is 13.1 Å². The lowest BCUT2D eigenvalue weighted by Crippen LogP contribution is -2.43. The van der Waals surface area contributed by atoms with Gasteiger partial charge in [-0.3, -0.25) is 9.59 Å². The number of carbonyl (C=O) groups excluding carboxylic acids is 2. The summed E-state index contributed by atoms with van der Waals surface area (Å²) in [7, 11) is 0. The quantitative estimate of drug-likeness (QED) is 0.803. The van der Waals surface area contributed by atoms with E-state index in [4.69, 9.17) is 5.73 Å². The number of amides is 2. The van der Waals surface area contributed by atoms with Crippen molar-refractivity contribution in [3.05, 3.63) is 0 Å². The molecule has 0 bridgehead atoms. The van der Waals surface area contributed by atoms with Gasteiger partial charge in [-0.1, -0.05) is 6.92 Å². The fourth-order valence-electron chi connectivity index (χ4n) is 3.87. The number of likely N-dealkylation sites (tertiary alicyclic amines) is 1. The molecule has 2 atom stereocenters. The van der Waals surface area contributed by atoms with E-state index in [1.807, 2.05) is 4.90 Å². The second kappa shape index (κ2) is 6.57. The van der Waals surface area contributed by atoms with Gasteiger partial charge in [0.1, 0.15) is 0 Å². The van der Waals surface area contributed by atoms with Crippen molar-refractivity contribution in [2.45, 2.75) is 64.0 Å². The van der Waals surface area contributed by atoms with Crippen LogP contribution in [0.1, 0.15) is 51.9 Å². The van der Waals surface area contributed by atoms with Crippen LogP contribution in [0.15, 0.2) is 0 Å². The van der Waals surface area contributed by atoms with Crippen molar-refractivity contribution in [3.63, 3.8) is 0 Å². The molecule has 22 heavy (non-hydrogen) atoms. The zero-order valence-corrected chi connectivity index (χ0v) is 13.6. The molecule has 2 aliphatic carbocycles. The van der Waals surface area contributed by atoms with Crippen molar-refractivity contribution in [1.82, 2.24) is 10.2 Å². The predicted molar refractivity (Wildman–Crippen MR) is 84.9 cm³/mol. The number of hydrogen-bond donors (Lipinski definition) is 2. The Balaban J connectivity index is 1.47. The molecule has 2 saturated carbocycles. The molecule has 3 rings (SSSR count). The maximum Gasteiger partial charge on any atom is 0.225 e. The van der Waals surface area contributed by atoms with Gasteiger partial charge in [0.15, 0.2) is 0 Å². The highest BCUT2D eigenvalue weighted by Gasteiger charge is 2.39. The normalized spacial score (nSPS) is 33.8. The van der Waals surface area contributed by atoms with Gasteiger partial charge in [-0.2, -0.15) is 0 Å². The summed E-state index contributed by atoms with van der Waals surface area (Å²) in [6.07, 6.45) is 7.32. The minimum atomic E-state index is -0.182. The van der Waals surface area contributed by atoms with Gasteiger partial charge in [0.25, 0.3) is 0 Å². The molecule has 0 spiro atoms. The number of nitrogens with two attached hydrogens (primary N) is 1. The van der Waals surface area contributed by atoms with Crippen LogP contribution in [0.4, 0.5) is 0 Å². The molecule has 0 aromatic heterocycles. The molecule has 0 aromatic rings. The Hall–Kier alpha value is -1.10. The third-order valence-electron chi connectivity index (χ3n) is 5.69. The van der Waals surface area contributed by atoms with Gasteiger partial charge in [0.2, 0.25) is 11.8 Å². The van der Waals surface area contributed by atoms with Crippen molar-refractivity contribution in [2.24, 2.45) is 23.5 Å². The number of hydrogen-bond acceptors (Lipinski definition) is 3. The summed E-state index contributed by atoms with van der Waals surface area (Å²) in [5.41, 5.74) is 6.02. The Kier molecular flexibility index (Phi) is 4.71. The third-order valence-corrected chi connectivity index (χ3v) is 5.69. The summed E-state index contributed by atoms with van der Waals surface area (Å²) >= 11 is 0. The van der Waals surface area contributed by atoms with Crippen LogP contribution in [-0.2, 0) is 9.59 Å². The van der Waals surface area contributed by atoms with E-state index in [0.717, 1.165) is 18.8 Å². The molecule has 3 N–H and O–H groups in total. The van der Waals surface area contributed by atoms with Gasteiger partial charge in [-0.15, -0.1) is 0 Å². The zero-order chi connectivity index (χ0) is 15.7. The molecule has 124 valence electrons. The molecular weight excluding hydrogens is 278 g/mol. The lowest BCUT2D eigenvalue weighted by Gasteiger charge is -2.33. The Morgan fingerprint density at radius 1 is 1.27 bits per heavy atom. The smallest absolute Gasteiger partial charge is 0.225 e. The first-order valence-electron chi connectivity index (χ1n) is 8.87. The van der Waals surface area contributed by atoms with E-state index < -0.39 is 0 Å². The molecule has 1 saturated heterocycles. The summed E-state index contributed by atoms with van der Waals surface area (Å²) in [6, 6.07) is 0.437. The molecule has 0 radical (unpaired) electrons. The van der Waals surface area contributed by atoms with Crippen molar-refractivity contribution in [3.8, 4) is 0 Å². The maximum atomic E-state index is 12.3. The third kappa shape index (κ3) is 3.62. The van der Waals surface area contributed by atoms with Crippen LogP contribution in [-0.4, -0.2) is 41.9 Å². The summed E-state index contributed by atoms with van der Waals surface area (Å²) in [5.74, 6) is 1.35. The van der Waals surface area contributed by atoms with Crippen LogP contribution in [0, 0.1) is 17.8 Å². The molecule has 3 aliphatic rings. The van der Waals surface area contributed by atoms with Gasteiger partial charge >= 0.3 is 0 Å². The summed E-state index contributed by atoms with van der Waals surface area (Å²) < 4.78 is 0. The van der Waals surface area contributed by atoms with E-state index in [1.165, 1.54) is 25.7 Å². The van der Waals surface area contributed by atoms with Crippen molar-refractivity contribution in [1.29, 1.82) is 0 Å². The fraction of sp³-hybridized carbons (Fsp3) is 0.882. The van der Waals surface area contributed by atoms with Gasteiger partial charge in [-0.25, -0.2) is 0 Å². The van der Waals surface area contributed by atoms with Gasteiger partial charge in [0, 0.05) is 31.6 Å². The first-order chi connectivity index (χ1) is 10.5. The molecule has 5 heteroatoms. The summed E-state index contributed by atoms with van der Waals surface area (Å²) in [5, 5.41) is 2.95. The topological polar surface area (TPSA) is 75.4 Å². The van der Waals surface area contributed by atoms with Crippen molar-refractivity contribution < 1.29 is 9.59 Å². The molecule has 1 aliphatic heterocycles. The summed E-state index contributed by atoms with van der Waals surface area (Å²) in [6.45, 7) is 3.43. The van der Waals surface area contributed by atoms with Crippen LogP contribution in [0.3, 0.4) is 0 Å². The molecule has 3 fully saturated rings. The standard InChI is InChI=1S/C17H29N3O2/c1-11-2-6-14(7-3-11)20-10-13(8-16(20)21)17(22)19-9-15(18)12-4-5-12/h11-15H,2-10,18H2,1H3,(H,19,22). The Morgan fingerprint density at radius 3 is 2.59 bits per heavy atom. The average molecular weight is 307 g/mol. The number of rotatable bonds is 5. The van der Waals surface area contributed by atoms with E-state index in [1.54, 1.807) is 0 Å². The highest BCUT2D eigenvalue weighted by atomic mass is 16.2. The van der Waals surface area contributed by atoms with Crippen molar-refractivity contribution >= 4 is 11.8 Å². The summed E-state index contributed by atoms with van der Waals surface area (Å²) in [4.78, 5) is 26.5. The molecule has 0 aromatic carbocycles. The van der Waals surface area contributed by atoms with Gasteiger partial charge in [0.05, 0.1) is 5.92 Å². The minimum absolute atomic E-state index is 0.0103. The SMILES string of the molecule is CC1CCC(N2CC(C(=O)NCC(N)C3CC3)CC2=O)CC1. The second-order valence-corrected chi connectivity index (χ2v) is 7.61. The molecule has 1 heterocycles. The van der Waals surface area contributed by atoms with Gasteiger partial charge in [-0.05, 0) is 50.4 Å². The van der Waals surface area contributed by atoms with Crippen LogP contribution in [0.2, 0.25) is 0 Å². The first kappa shape index (κ1) is 15.8. The predicted octanol–water partition coefficient (Wildman–Crippen LogP) is 1.27.